The standard InChI is InChI=1S/C32H41NO5/c1-16-11-17(2)25-26-23-24(30(25,6)12-16)18(3)13-29(5)19(4)38-32(36,27(23)29)22-15-31(35,33-28(22)34)14-20-7-9-21(37-26)10-8-20/h7-10,13,15-17,19,23-27,35-36H,11-12,14H2,1-6H3,(H,33,34)/t16-,17+,19+,23-,24-,25+,26+,27-,29-,30+,31-,32+/m1/s1. The zero-order chi connectivity index (χ0) is 27.0. The van der Waals surface area contributed by atoms with Crippen LogP contribution >= 0.6 is 0 Å². The summed E-state index contributed by atoms with van der Waals surface area (Å²) >= 11 is 0. The second-order valence-electron chi connectivity index (χ2n) is 14.1. The molecule has 8 rings (SSSR count). The van der Waals surface area contributed by atoms with E-state index in [1.54, 1.807) is 0 Å². The molecule has 0 radical (unpaired) electrons. The van der Waals surface area contributed by atoms with Gasteiger partial charge in [0.15, 0.2) is 5.72 Å². The molecule has 0 spiro atoms. The van der Waals surface area contributed by atoms with Crippen LogP contribution in [0.15, 0.2) is 47.6 Å². The number of allylic oxidation sites excluding steroid dienone is 1. The van der Waals surface area contributed by atoms with Crippen LogP contribution in [0, 0.1) is 46.3 Å². The topological polar surface area (TPSA) is 88.0 Å². The Morgan fingerprint density at radius 3 is 2.47 bits per heavy atom. The maximum atomic E-state index is 13.5. The second-order valence-corrected chi connectivity index (χ2v) is 14.1. The normalized spacial score (nSPS) is 52.5. The zero-order valence-electron chi connectivity index (χ0n) is 23.3. The molecule has 1 aromatic rings. The van der Waals surface area contributed by atoms with Gasteiger partial charge in [0.1, 0.15) is 11.9 Å². The third kappa shape index (κ3) is 3.03. The summed E-state index contributed by atoms with van der Waals surface area (Å²) in [5, 5.41) is 26.8. The Kier molecular flexibility index (Phi) is 4.92. The first-order valence-electron chi connectivity index (χ1n) is 14.4. The van der Waals surface area contributed by atoms with Gasteiger partial charge >= 0.3 is 0 Å². The van der Waals surface area contributed by atoms with Gasteiger partial charge in [-0.1, -0.05) is 51.5 Å². The van der Waals surface area contributed by atoms with Gasteiger partial charge in [-0.2, -0.15) is 0 Å². The Labute approximate surface area is 225 Å². The monoisotopic (exact) mass is 519 g/mol. The molecule has 4 bridgehead atoms. The number of nitrogens with one attached hydrogen (secondary N) is 1. The zero-order valence-corrected chi connectivity index (χ0v) is 23.3. The number of aliphatic hydroxyl groups is 2. The van der Waals surface area contributed by atoms with E-state index in [1.165, 1.54) is 11.6 Å². The first-order valence-corrected chi connectivity index (χ1v) is 14.4. The number of carbonyl (C=O) groups is 1. The predicted octanol–water partition coefficient (Wildman–Crippen LogP) is 4.36. The van der Waals surface area contributed by atoms with Gasteiger partial charge < -0.3 is 25.0 Å². The van der Waals surface area contributed by atoms with E-state index in [0.717, 1.165) is 24.2 Å². The molecule has 38 heavy (non-hydrogen) atoms. The first kappa shape index (κ1) is 24.9. The van der Waals surface area contributed by atoms with E-state index >= 15 is 0 Å². The van der Waals surface area contributed by atoms with Crippen LogP contribution in [0.3, 0.4) is 0 Å². The Balaban J connectivity index is 1.51. The largest absolute Gasteiger partial charge is 0.490 e. The van der Waals surface area contributed by atoms with Crippen molar-refractivity contribution in [2.75, 3.05) is 0 Å². The Bertz CT molecular complexity index is 1270. The van der Waals surface area contributed by atoms with Crippen molar-refractivity contribution < 1.29 is 24.5 Å². The van der Waals surface area contributed by atoms with E-state index in [2.05, 4.69) is 46.0 Å². The van der Waals surface area contributed by atoms with Crippen molar-refractivity contribution in [3.8, 4) is 5.75 Å². The van der Waals surface area contributed by atoms with E-state index in [0.29, 0.717) is 17.8 Å². The highest BCUT2D eigenvalue weighted by Gasteiger charge is 2.74. The van der Waals surface area contributed by atoms with Gasteiger partial charge in [-0.25, -0.2) is 0 Å². The van der Waals surface area contributed by atoms with E-state index in [9.17, 15) is 15.0 Å². The molecule has 4 aliphatic heterocycles. The van der Waals surface area contributed by atoms with Gasteiger partial charge in [-0.05, 0) is 73.6 Å². The van der Waals surface area contributed by atoms with E-state index in [1.807, 2.05) is 31.2 Å². The molecule has 1 amide bonds. The predicted molar refractivity (Wildman–Crippen MR) is 143 cm³/mol. The van der Waals surface area contributed by atoms with Crippen molar-refractivity contribution in [2.24, 2.45) is 46.3 Å². The Morgan fingerprint density at radius 2 is 1.76 bits per heavy atom. The van der Waals surface area contributed by atoms with Crippen molar-refractivity contribution in [3.05, 3.63) is 53.1 Å². The minimum atomic E-state index is -1.84. The van der Waals surface area contributed by atoms with Crippen molar-refractivity contribution >= 4 is 5.91 Å². The fourth-order valence-corrected chi connectivity index (χ4v) is 10.6. The van der Waals surface area contributed by atoms with Gasteiger partial charge in [0.25, 0.3) is 5.91 Å². The highest BCUT2D eigenvalue weighted by atomic mass is 16.6. The summed E-state index contributed by atoms with van der Waals surface area (Å²) in [5.74, 6) is -0.419. The van der Waals surface area contributed by atoms with Gasteiger partial charge in [-0.3, -0.25) is 4.79 Å². The lowest BCUT2D eigenvalue weighted by Crippen LogP contribution is -2.54. The fourth-order valence-electron chi connectivity index (χ4n) is 10.6. The summed E-state index contributed by atoms with van der Waals surface area (Å²) in [6, 6.07) is 7.91. The Morgan fingerprint density at radius 1 is 1.05 bits per heavy atom. The van der Waals surface area contributed by atoms with Crippen molar-refractivity contribution in [3.63, 3.8) is 0 Å². The average molecular weight is 520 g/mol. The SMILES string of the molecule is CC1=C[C@]2(C)[C@H](C)O[C@@]3(O)C4=C[C@](O)(Cc5ccc(cc5)O[C@H]5[C@@H]([C@@H]1[C@]1(C)C[C@H](C)C[C@H](C)[C@@H]51)[C@H]23)NC4=O. The van der Waals surface area contributed by atoms with Gasteiger partial charge in [0.2, 0.25) is 5.79 Å². The fraction of sp³-hybridized carbons (Fsp3) is 0.656. The van der Waals surface area contributed by atoms with Crippen LogP contribution in [-0.4, -0.2) is 39.8 Å². The molecule has 1 saturated heterocycles. The molecule has 6 heteroatoms. The number of rotatable bonds is 0. The average Bonchev–Trinajstić information content (AvgIpc) is 3.32. The van der Waals surface area contributed by atoms with E-state index in [4.69, 9.17) is 9.47 Å². The quantitative estimate of drug-likeness (QED) is 0.444. The number of hydrogen-bond acceptors (Lipinski definition) is 5. The van der Waals surface area contributed by atoms with Crippen LogP contribution < -0.4 is 10.1 Å². The van der Waals surface area contributed by atoms with Crippen LogP contribution in [0.25, 0.3) is 0 Å². The van der Waals surface area contributed by atoms with Crippen LogP contribution in [0.4, 0.5) is 0 Å². The molecule has 1 aromatic carbocycles. The summed E-state index contributed by atoms with van der Waals surface area (Å²) < 4.78 is 13.5. The maximum Gasteiger partial charge on any atom is 0.254 e. The highest BCUT2D eigenvalue weighted by Crippen LogP contribution is 2.72. The molecule has 3 aliphatic carbocycles. The smallest absolute Gasteiger partial charge is 0.254 e. The minimum Gasteiger partial charge on any atom is -0.490 e. The van der Waals surface area contributed by atoms with Gasteiger partial charge in [0.05, 0.1) is 11.7 Å². The number of ether oxygens (including phenoxy) is 2. The summed E-state index contributed by atoms with van der Waals surface area (Å²) in [6.07, 6.45) is 5.84. The minimum absolute atomic E-state index is 0.00880. The molecule has 12 atom stereocenters. The maximum absolute atomic E-state index is 13.5. The second kappa shape index (κ2) is 7.52. The third-order valence-electron chi connectivity index (χ3n) is 11.5. The number of amides is 1. The summed E-state index contributed by atoms with van der Waals surface area (Å²) in [4.78, 5) is 13.5. The number of fused-ring (bicyclic) bond motifs is 4. The van der Waals surface area contributed by atoms with Crippen molar-refractivity contribution in [2.45, 2.75) is 84.5 Å². The van der Waals surface area contributed by atoms with Gasteiger partial charge in [-0.15, -0.1) is 0 Å². The molecule has 204 valence electrons. The number of benzene rings is 1. The van der Waals surface area contributed by atoms with E-state index < -0.39 is 28.8 Å². The van der Waals surface area contributed by atoms with Crippen LogP contribution in [0.5, 0.6) is 5.75 Å². The molecule has 0 aromatic heterocycles. The molecule has 3 N–H and O–H groups in total. The molecular formula is C32H41NO5. The highest BCUT2D eigenvalue weighted by molar-refractivity contribution is 5.98. The number of carbonyl (C=O) groups excluding carboxylic acids is 1. The summed E-state index contributed by atoms with van der Waals surface area (Å²) in [5.41, 5.74) is 0.231. The molecule has 3 fully saturated rings. The first-order chi connectivity index (χ1) is 17.8. The van der Waals surface area contributed by atoms with Crippen LogP contribution in [0.1, 0.15) is 59.9 Å². The van der Waals surface area contributed by atoms with Crippen LogP contribution in [-0.2, 0) is 16.0 Å². The molecule has 0 unspecified atom stereocenters. The molecular weight excluding hydrogens is 478 g/mol. The van der Waals surface area contributed by atoms with Gasteiger partial charge in [0, 0.05) is 29.6 Å². The number of hydrogen-bond donors (Lipinski definition) is 3. The lowest BCUT2D eigenvalue weighted by atomic mass is 9.53. The van der Waals surface area contributed by atoms with Crippen molar-refractivity contribution in [1.29, 1.82) is 0 Å². The van der Waals surface area contributed by atoms with E-state index in [-0.39, 0.29) is 41.5 Å². The lowest BCUT2D eigenvalue weighted by Gasteiger charge is -2.50. The van der Waals surface area contributed by atoms with Crippen molar-refractivity contribution in [1.82, 2.24) is 5.32 Å². The lowest BCUT2D eigenvalue weighted by molar-refractivity contribution is -0.197. The molecule has 7 aliphatic rings. The summed E-state index contributed by atoms with van der Waals surface area (Å²) in [6.45, 7) is 13.6. The molecule has 2 saturated carbocycles. The molecule has 4 heterocycles. The summed E-state index contributed by atoms with van der Waals surface area (Å²) in [7, 11) is 0. The third-order valence-corrected chi connectivity index (χ3v) is 11.5. The molecule has 6 nitrogen and oxygen atoms in total. The Hall–Kier alpha value is -2.15. The van der Waals surface area contributed by atoms with Crippen LogP contribution in [0.2, 0.25) is 0 Å².